The van der Waals surface area contributed by atoms with Crippen LogP contribution in [0, 0.1) is 10.1 Å². The van der Waals surface area contributed by atoms with Crippen molar-refractivity contribution < 1.29 is 4.92 Å². The topological polar surface area (TPSA) is 43.1 Å². The van der Waals surface area contributed by atoms with E-state index in [9.17, 15) is 10.1 Å². The molecular weight excluding hydrogens is 166 g/mol. The Bertz CT molecular complexity index is 151. The van der Waals surface area contributed by atoms with E-state index in [1.165, 1.54) is 12.2 Å². The van der Waals surface area contributed by atoms with Crippen molar-refractivity contribution in [3.05, 3.63) is 34.5 Å². The SMILES string of the molecule is C=C/C=C(\CC)[N+](=O)[O-].CC.CC. The second-order valence-corrected chi connectivity index (χ2v) is 1.50. The molecule has 0 radical (unpaired) electrons. The van der Waals surface area contributed by atoms with Crippen molar-refractivity contribution in [3.8, 4) is 0 Å². The van der Waals surface area contributed by atoms with E-state index in [-0.39, 0.29) is 5.70 Å². The maximum Gasteiger partial charge on any atom is 0.245 e. The van der Waals surface area contributed by atoms with Gasteiger partial charge in [-0.3, -0.25) is 10.1 Å². The van der Waals surface area contributed by atoms with Crippen LogP contribution in [-0.2, 0) is 0 Å². The third-order valence-corrected chi connectivity index (χ3v) is 0.907. The van der Waals surface area contributed by atoms with E-state index in [0.29, 0.717) is 6.42 Å². The molecule has 3 heteroatoms. The second-order valence-electron chi connectivity index (χ2n) is 1.50. The van der Waals surface area contributed by atoms with Gasteiger partial charge < -0.3 is 0 Å². The summed E-state index contributed by atoms with van der Waals surface area (Å²) in [6.07, 6.45) is 3.26. The molecule has 3 nitrogen and oxygen atoms in total. The van der Waals surface area contributed by atoms with E-state index < -0.39 is 4.92 Å². The van der Waals surface area contributed by atoms with Crippen LogP contribution < -0.4 is 0 Å². The molecule has 0 unspecified atom stereocenters. The van der Waals surface area contributed by atoms with Crippen molar-refractivity contribution >= 4 is 0 Å². The van der Waals surface area contributed by atoms with E-state index in [1.54, 1.807) is 6.92 Å². The Hall–Kier alpha value is -1.12. The first-order chi connectivity index (χ1) is 6.22. The Labute approximate surface area is 81.3 Å². The van der Waals surface area contributed by atoms with E-state index in [0.717, 1.165) is 0 Å². The molecule has 0 aromatic rings. The molecule has 0 rings (SSSR count). The van der Waals surface area contributed by atoms with Crippen molar-refractivity contribution in [3.63, 3.8) is 0 Å². The zero-order chi connectivity index (χ0) is 11.3. The van der Waals surface area contributed by atoms with Gasteiger partial charge in [0.25, 0.3) is 0 Å². The molecule has 0 fully saturated rings. The summed E-state index contributed by atoms with van der Waals surface area (Å²) in [4.78, 5) is 9.61. The van der Waals surface area contributed by atoms with Gasteiger partial charge in [-0.2, -0.15) is 0 Å². The minimum atomic E-state index is -0.401. The number of hydrogen-bond acceptors (Lipinski definition) is 2. The zero-order valence-corrected chi connectivity index (χ0v) is 9.33. The number of nitro groups is 1. The van der Waals surface area contributed by atoms with E-state index >= 15 is 0 Å². The van der Waals surface area contributed by atoms with Gasteiger partial charge in [0, 0.05) is 12.5 Å². The number of rotatable bonds is 3. The first kappa shape index (κ1) is 17.8. The standard InChI is InChI=1S/C6H9NO2.2C2H6/c1-3-5-6(4-2)7(8)9;2*1-2/h3,5H,1,4H2,2H3;2*1-2H3/b6-5+;;. The van der Waals surface area contributed by atoms with Gasteiger partial charge in [-0.25, -0.2) is 0 Å². The summed E-state index contributed by atoms with van der Waals surface area (Å²) in [7, 11) is 0. The molecule has 0 saturated heterocycles. The number of nitrogens with zero attached hydrogens (tertiary/aromatic N) is 1. The van der Waals surface area contributed by atoms with Crippen molar-refractivity contribution in [1.82, 2.24) is 0 Å². The predicted molar refractivity (Wildman–Crippen MR) is 58.3 cm³/mol. The van der Waals surface area contributed by atoms with Gasteiger partial charge in [0.15, 0.2) is 0 Å². The third-order valence-electron chi connectivity index (χ3n) is 0.907. The molecule has 0 heterocycles. The van der Waals surface area contributed by atoms with Crippen LogP contribution >= 0.6 is 0 Å². The molecule has 0 saturated carbocycles. The molecule has 78 valence electrons. The Morgan fingerprint density at radius 2 is 1.77 bits per heavy atom. The molecule has 0 amide bonds. The molecule has 0 bridgehead atoms. The maximum atomic E-state index is 10.0. The van der Waals surface area contributed by atoms with Crippen LogP contribution in [0.25, 0.3) is 0 Å². The summed E-state index contributed by atoms with van der Waals surface area (Å²) in [5, 5.41) is 10.0. The molecule has 0 aromatic heterocycles. The van der Waals surface area contributed by atoms with Crippen LogP contribution in [0.3, 0.4) is 0 Å². The summed E-state index contributed by atoms with van der Waals surface area (Å²) in [5.74, 6) is 0. The summed E-state index contributed by atoms with van der Waals surface area (Å²) >= 11 is 0. The fraction of sp³-hybridized carbons (Fsp3) is 0.600. The molecule has 0 aromatic carbocycles. The molecule has 0 aliphatic rings. The van der Waals surface area contributed by atoms with Crippen LogP contribution in [0.4, 0.5) is 0 Å². The lowest BCUT2D eigenvalue weighted by Gasteiger charge is -1.88. The van der Waals surface area contributed by atoms with Gasteiger partial charge in [-0.05, 0) is 0 Å². The highest BCUT2D eigenvalue weighted by Crippen LogP contribution is 1.99. The summed E-state index contributed by atoms with van der Waals surface area (Å²) < 4.78 is 0. The van der Waals surface area contributed by atoms with Crippen molar-refractivity contribution in [2.45, 2.75) is 41.0 Å². The summed E-state index contributed by atoms with van der Waals surface area (Å²) in [6.45, 7) is 13.1. The van der Waals surface area contributed by atoms with Crippen LogP contribution in [0.2, 0.25) is 0 Å². The van der Waals surface area contributed by atoms with E-state index in [2.05, 4.69) is 6.58 Å². The molecule has 0 aliphatic carbocycles. The highest BCUT2D eigenvalue weighted by molar-refractivity contribution is 5.02. The van der Waals surface area contributed by atoms with Crippen LogP contribution in [-0.4, -0.2) is 4.92 Å². The second kappa shape index (κ2) is 17.1. The summed E-state index contributed by atoms with van der Waals surface area (Å²) in [6, 6.07) is 0. The Kier molecular flexibility index (Phi) is 23.5. The largest absolute Gasteiger partial charge is 0.259 e. The molecular formula is C10H21NO2. The van der Waals surface area contributed by atoms with Gasteiger partial charge in [-0.15, -0.1) is 0 Å². The molecule has 0 N–H and O–H groups in total. The normalized spacial score (nSPS) is 8.54. The Morgan fingerprint density at radius 3 is 1.85 bits per heavy atom. The number of allylic oxidation sites excluding steroid dienone is 3. The Balaban J connectivity index is -0.000000218. The first-order valence-electron chi connectivity index (χ1n) is 4.68. The average Bonchev–Trinajstić information content (AvgIpc) is 2.20. The zero-order valence-electron chi connectivity index (χ0n) is 9.33. The Morgan fingerprint density at radius 1 is 1.38 bits per heavy atom. The first-order valence-corrected chi connectivity index (χ1v) is 4.68. The maximum absolute atomic E-state index is 10.0. The van der Waals surface area contributed by atoms with Crippen molar-refractivity contribution in [2.75, 3.05) is 0 Å². The van der Waals surface area contributed by atoms with E-state index in [4.69, 9.17) is 0 Å². The molecule has 13 heavy (non-hydrogen) atoms. The lowest BCUT2D eigenvalue weighted by molar-refractivity contribution is -0.427. The molecule has 0 spiro atoms. The minimum absolute atomic E-state index is 0.199. The van der Waals surface area contributed by atoms with Gasteiger partial charge in [-0.1, -0.05) is 47.3 Å². The lowest BCUT2D eigenvalue weighted by atomic mass is 10.3. The van der Waals surface area contributed by atoms with Crippen molar-refractivity contribution in [1.29, 1.82) is 0 Å². The quantitative estimate of drug-likeness (QED) is 0.383. The van der Waals surface area contributed by atoms with E-state index in [1.807, 2.05) is 27.7 Å². The molecule has 0 aliphatic heterocycles. The number of hydrogen-bond donors (Lipinski definition) is 0. The van der Waals surface area contributed by atoms with Gasteiger partial charge in [0.2, 0.25) is 5.70 Å². The fourth-order valence-corrected chi connectivity index (χ4v) is 0.444. The smallest absolute Gasteiger partial charge is 0.245 e. The van der Waals surface area contributed by atoms with Gasteiger partial charge >= 0.3 is 0 Å². The van der Waals surface area contributed by atoms with Gasteiger partial charge in [0.05, 0.1) is 4.92 Å². The highest BCUT2D eigenvalue weighted by atomic mass is 16.6. The fourth-order valence-electron chi connectivity index (χ4n) is 0.444. The predicted octanol–water partition coefficient (Wildman–Crippen LogP) is 3.80. The van der Waals surface area contributed by atoms with Crippen LogP contribution in [0.15, 0.2) is 24.4 Å². The highest BCUT2D eigenvalue weighted by Gasteiger charge is 2.02. The van der Waals surface area contributed by atoms with Gasteiger partial charge in [0.1, 0.15) is 0 Å². The summed E-state index contributed by atoms with van der Waals surface area (Å²) in [5.41, 5.74) is 0.199. The van der Waals surface area contributed by atoms with Crippen molar-refractivity contribution in [2.24, 2.45) is 0 Å². The average molecular weight is 187 g/mol. The van der Waals surface area contributed by atoms with Crippen LogP contribution in [0.5, 0.6) is 0 Å². The minimum Gasteiger partial charge on any atom is -0.259 e. The third kappa shape index (κ3) is 13.8. The lowest BCUT2D eigenvalue weighted by Crippen LogP contribution is -1.95. The van der Waals surface area contributed by atoms with Crippen LogP contribution in [0.1, 0.15) is 41.0 Å². The molecule has 0 atom stereocenters. The monoisotopic (exact) mass is 187 g/mol.